The lowest BCUT2D eigenvalue weighted by Crippen LogP contribution is -2.28. The van der Waals surface area contributed by atoms with Crippen molar-refractivity contribution in [2.45, 2.75) is 5.41 Å². The van der Waals surface area contributed by atoms with E-state index >= 15 is 0 Å². The van der Waals surface area contributed by atoms with Gasteiger partial charge >= 0.3 is 0 Å². The van der Waals surface area contributed by atoms with Crippen LogP contribution in [0.2, 0.25) is 0 Å². The maximum absolute atomic E-state index is 5.25. The van der Waals surface area contributed by atoms with Crippen molar-refractivity contribution in [1.82, 2.24) is 15.0 Å². The van der Waals surface area contributed by atoms with Gasteiger partial charge in [-0.05, 0) is 122 Å². The van der Waals surface area contributed by atoms with Crippen LogP contribution in [-0.4, -0.2) is 15.0 Å². The van der Waals surface area contributed by atoms with E-state index in [1.165, 1.54) is 76.8 Å². The van der Waals surface area contributed by atoms with Gasteiger partial charge in [-0.2, -0.15) is 0 Å². The molecule has 0 fully saturated rings. The van der Waals surface area contributed by atoms with Crippen LogP contribution in [0.25, 0.3) is 122 Å². The van der Waals surface area contributed by atoms with Crippen LogP contribution in [-0.2, 0) is 5.41 Å². The zero-order valence-corrected chi connectivity index (χ0v) is 42.0. The van der Waals surface area contributed by atoms with Crippen molar-refractivity contribution in [2.75, 3.05) is 0 Å². The average molecular weight is 978 g/mol. The number of hydrogen-bond acceptors (Lipinski definition) is 3. The van der Waals surface area contributed by atoms with Crippen molar-refractivity contribution in [3.63, 3.8) is 0 Å². The summed E-state index contributed by atoms with van der Waals surface area (Å²) in [6.07, 6.45) is 0. The molecule has 1 aromatic heterocycles. The molecule has 15 rings (SSSR count). The van der Waals surface area contributed by atoms with E-state index in [4.69, 9.17) is 15.0 Å². The molecule has 0 bridgehead atoms. The topological polar surface area (TPSA) is 38.7 Å². The Hall–Kier alpha value is -10.1. The Morgan fingerprint density at radius 3 is 1.22 bits per heavy atom. The molecule has 0 atom stereocenters. The monoisotopic (exact) mass is 977 g/mol. The molecule has 3 nitrogen and oxygen atoms in total. The number of nitrogens with zero attached hydrogens (tertiary/aromatic N) is 3. The third-order valence-electron chi connectivity index (χ3n) is 16.0. The standard InChI is InChI=1S/C74H47N3/c1-5-16-48(17-6-1)49-28-34-55(35-29-49)71-75-72(77-73(76-71)66-27-14-13-26-61(66)51-18-7-2-8-19-51)56-36-30-50(31-37-56)57-40-43-63-64-44-41-58(62-42-38-54-33-32-52-20-15-21-53-39-45-65(62)70(54)69(52)53)47-68(64)74(67(63)46-57,59-22-9-3-10-23-59)60-24-11-4-12-25-60/h1-47H. The molecule has 0 amide bonds. The number of aromatic nitrogens is 3. The summed E-state index contributed by atoms with van der Waals surface area (Å²) in [7, 11) is 0. The second kappa shape index (κ2) is 18.1. The minimum atomic E-state index is -0.601. The maximum atomic E-state index is 5.25. The zero-order valence-electron chi connectivity index (χ0n) is 42.0. The highest BCUT2D eigenvalue weighted by Gasteiger charge is 2.46. The molecule has 358 valence electrons. The lowest BCUT2D eigenvalue weighted by atomic mass is 9.67. The minimum absolute atomic E-state index is 0.601. The van der Waals surface area contributed by atoms with E-state index < -0.39 is 5.41 Å². The normalized spacial score (nSPS) is 12.5. The summed E-state index contributed by atoms with van der Waals surface area (Å²) in [4.78, 5) is 15.7. The van der Waals surface area contributed by atoms with Gasteiger partial charge in [0.05, 0.1) is 5.41 Å². The van der Waals surface area contributed by atoms with E-state index in [1.54, 1.807) is 0 Å². The van der Waals surface area contributed by atoms with Gasteiger partial charge in [0, 0.05) is 16.7 Å². The second-order valence-electron chi connectivity index (χ2n) is 20.2. The lowest BCUT2D eigenvalue weighted by molar-refractivity contribution is 0.769. The summed E-state index contributed by atoms with van der Waals surface area (Å²) in [6.45, 7) is 0. The summed E-state index contributed by atoms with van der Waals surface area (Å²) in [5, 5.41) is 7.75. The highest BCUT2D eigenvalue weighted by molar-refractivity contribution is 6.25. The van der Waals surface area contributed by atoms with Gasteiger partial charge < -0.3 is 0 Å². The molecule has 3 heteroatoms. The van der Waals surface area contributed by atoms with Crippen molar-refractivity contribution in [1.29, 1.82) is 0 Å². The fraction of sp³-hybridized carbons (Fsp3) is 0.0135. The molecular formula is C74H47N3. The van der Waals surface area contributed by atoms with E-state index in [1.807, 2.05) is 12.1 Å². The fourth-order valence-electron chi connectivity index (χ4n) is 12.4. The van der Waals surface area contributed by atoms with E-state index in [-0.39, 0.29) is 0 Å². The Bertz CT molecular complexity index is 4460. The van der Waals surface area contributed by atoms with Gasteiger partial charge in [-0.1, -0.05) is 273 Å². The van der Waals surface area contributed by atoms with Crippen LogP contribution < -0.4 is 0 Å². The molecule has 14 aromatic rings. The first-order valence-corrected chi connectivity index (χ1v) is 26.4. The van der Waals surface area contributed by atoms with Crippen LogP contribution in [0.1, 0.15) is 22.3 Å². The van der Waals surface area contributed by atoms with Gasteiger partial charge in [0.25, 0.3) is 0 Å². The molecule has 0 spiro atoms. The zero-order chi connectivity index (χ0) is 50.9. The third kappa shape index (κ3) is 7.31. The van der Waals surface area contributed by atoms with Crippen LogP contribution in [0, 0.1) is 0 Å². The molecule has 13 aromatic carbocycles. The highest BCUT2D eigenvalue weighted by Crippen LogP contribution is 2.58. The first-order valence-electron chi connectivity index (χ1n) is 26.4. The van der Waals surface area contributed by atoms with Gasteiger partial charge in [-0.3, -0.25) is 0 Å². The maximum Gasteiger partial charge on any atom is 0.164 e. The first kappa shape index (κ1) is 44.4. The molecule has 0 radical (unpaired) electrons. The van der Waals surface area contributed by atoms with Crippen LogP contribution in [0.15, 0.2) is 285 Å². The summed E-state index contributed by atoms with van der Waals surface area (Å²) in [6, 6.07) is 103. The van der Waals surface area contributed by atoms with E-state index in [2.05, 4.69) is 273 Å². The van der Waals surface area contributed by atoms with Crippen LogP contribution in [0.3, 0.4) is 0 Å². The Kier molecular flexibility index (Phi) is 10.4. The van der Waals surface area contributed by atoms with Crippen molar-refractivity contribution in [2.24, 2.45) is 0 Å². The molecule has 0 saturated heterocycles. The smallest absolute Gasteiger partial charge is 0.164 e. The van der Waals surface area contributed by atoms with Crippen molar-refractivity contribution < 1.29 is 0 Å². The molecule has 77 heavy (non-hydrogen) atoms. The van der Waals surface area contributed by atoms with Gasteiger partial charge in [0.1, 0.15) is 0 Å². The predicted octanol–water partition coefficient (Wildman–Crippen LogP) is 18.8. The third-order valence-corrected chi connectivity index (χ3v) is 16.0. The summed E-state index contributed by atoms with van der Waals surface area (Å²) < 4.78 is 0. The van der Waals surface area contributed by atoms with Gasteiger partial charge in [-0.15, -0.1) is 0 Å². The molecule has 1 heterocycles. The summed E-state index contributed by atoms with van der Waals surface area (Å²) in [5.74, 6) is 1.86. The molecule has 1 aliphatic rings. The molecule has 0 N–H and O–H groups in total. The van der Waals surface area contributed by atoms with Crippen LogP contribution in [0.4, 0.5) is 0 Å². The predicted molar refractivity (Wildman–Crippen MR) is 319 cm³/mol. The van der Waals surface area contributed by atoms with Gasteiger partial charge in [0.15, 0.2) is 17.5 Å². The molecule has 0 saturated carbocycles. The number of fused-ring (bicyclic) bond motifs is 3. The number of rotatable bonds is 9. The fourth-order valence-corrected chi connectivity index (χ4v) is 12.4. The second-order valence-corrected chi connectivity index (χ2v) is 20.2. The number of benzene rings is 13. The van der Waals surface area contributed by atoms with Gasteiger partial charge in [0.2, 0.25) is 0 Å². The summed E-state index contributed by atoms with van der Waals surface area (Å²) >= 11 is 0. The first-order chi connectivity index (χ1) is 38.2. The van der Waals surface area contributed by atoms with Crippen LogP contribution >= 0.6 is 0 Å². The van der Waals surface area contributed by atoms with E-state index in [0.29, 0.717) is 17.5 Å². The van der Waals surface area contributed by atoms with Crippen molar-refractivity contribution >= 4 is 32.3 Å². The minimum Gasteiger partial charge on any atom is -0.208 e. The molecular weight excluding hydrogens is 931 g/mol. The quantitative estimate of drug-likeness (QED) is 0.135. The Labute approximate surface area is 447 Å². The lowest BCUT2D eigenvalue weighted by Gasteiger charge is -2.34. The Morgan fingerprint density at radius 1 is 0.221 bits per heavy atom. The van der Waals surface area contributed by atoms with E-state index in [0.717, 1.165) is 50.1 Å². The van der Waals surface area contributed by atoms with Crippen LogP contribution in [0.5, 0.6) is 0 Å². The SMILES string of the molecule is c1ccc(-c2ccc(-c3nc(-c4ccc(-c5ccc6c(c5)C(c5ccccc5)(c5ccccc5)c5cc(-c7ccc8ccc9cccc%10ccc7c8c9%10)ccc5-6)cc4)nc(-c4ccccc4-c4ccccc4)n3)cc2)cc1. The molecule has 1 aliphatic carbocycles. The van der Waals surface area contributed by atoms with Gasteiger partial charge in [-0.25, -0.2) is 15.0 Å². The highest BCUT2D eigenvalue weighted by atomic mass is 15.0. The summed E-state index contributed by atoms with van der Waals surface area (Å²) in [5.41, 5.74) is 18.9. The van der Waals surface area contributed by atoms with Crippen molar-refractivity contribution in [3.05, 3.63) is 307 Å². The Morgan fingerprint density at radius 2 is 0.623 bits per heavy atom. The Balaban J connectivity index is 0.859. The van der Waals surface area contributed by atoms with E-state index in [9.17, 15) is 0 Å². The molecule has 0 unspecified atom stereocenters. The largest absolute Gasteiger partial charge is 0.208 e. The number of hydrogen-bond donors (Lipinski definition) is 0. The average Bonchev–Trinajstić information content (AvgIpc) is 4.03. The molecule has 0 aliphatic heterocycles. The van der Waals surface area contributed by atoms with Crippen molar-refractivity contribution in [3.8, 4) is 89.8 Å².